The lowest BCUT2D eigenvalue weighted by Crippen LogP contribution is -2.40. The highest BCUT2D eigenvalue weighted by Gasteiger charge is 2.29. The molecule has 1 aliphatic rings. The number of rotatable bonds is 4. The maximum absolute atomic E-state index is 12.7. The summed E-state index contributed by atoms with van der Waals surface area (Å²) in [6.07, 6.45) is 4.01. The normalized spacial score (nSPS) is 17.9. The van der Waals surface area contributed by atoms with Crippen LogP contribution in [-0.2, 0) is 14.8 Å². The fourth-order valence-corrected chi connectivity index (χ4v) is 4.47. The molecule has 1 aromatic heterocycles. The van der Waals surface area contributed by atoms with Gasteiger partial charge in [0.1, 0.15) is 6.04 Å². The lowest BCUT2D eigenvalue weighted by Gasteiger charge is -2.24. The van der Waals surface area contributed by atoms with E-state index in [0.717, 1.165) is 0 Å². The summed E-state index contributed by atoms with van der Waals surface area (Å²) in [5, 5.41) is 4.11. The summed E-state index contributed by atoms with van der Waals surface area (Å²) in [4.78, 5) is 14.7. The number of aromatic nitrogens is 2. The van der Waals surface area contributed by atoms with Crippen molar-refractivity contribution in [2.24, 2.45) is 0 Å². The molecule has 134 valence electrons. The van der Waals surface area contributed by atoms with E-state index in [1.807, 2.05) is 0 Å². The minimum absolute atomic E-state index is 0.0392. The van der Waals surface area contributed by atoms with Crippen LogP contribution in [0.15, 0.2) is 53.7 Å². The van der Waals surface area contributed by atoms with Gasteiger partial charge < -0.3 is 4.90 Å². The Morgan fingerprint density at radius 2 is 1.84 bits per heavy atom. The number of nitrogens with zero attached hydrogens (tertiary/aromatic N) is 4. The molecular weight excluding hydrogens is 340 g/mol. The minimum atomic E-state index is -3.52. The first-order valence-electron chi connectivity index (χ1n) is 8.33. The zero-order valence-corrected chi connectivity index (χ0v) is 15.0. The van der Waals surface area contributed by atoms with Crippen LogP contribution in [0.3, 0.4) is 0 Å². The van der Waals surface area contributed by atoms with Gasteiger partial charge >= 0.3 is 0 Å². The van der Waals surface area contributed by atoms with Crippen LogP contribution < -0.4 is 0 Å². The Bertz CT molecular complexity index is 806. The van der Waals surface area contributed by atoms with Crippen molar-refractivity contribution in [1.29, 1.82) is 0 Å². The zero-order chi connectivity index (χ0) is 17.9. The Labute approximate surface area is 147 Å². The molecule has 1 aromatic carbocycles. The highest BCUT2D eigenvalue weighted by molar-refractivity contribution is 7.89. The highest BCUT2D eigenvalue weighted by Crippen LogP contribution is 2.18. The molecule has 3 rings (SSSR count). The molecule has 0 saturated carbocycles. The Kier molecular flexibility index (Phi) is 5.19. The SMILES string of the molecule is CC(C(=O)N1CCCN(S(=O)(=O)c2ccccc2)CC1)n1cccn1. The van der Waals surface area contributed by atoms with Gasteiger partial charge in [-0.25, -0.2) is 8.42 Å². The summed E-state index contributed by atoms with van der Waals surface area (Å²) in [6, 6.07) is 9.80. The first kappa shape index (κ1) is 17.6. The zero-order valence-electron chi connectivity index (χ0n) is 14.2. The molecule has 1 amide bonds. The third kappa shape index (κ3) is 3.74. The van der Waals surface area contributed by atoms with Gasteiger partial charge in [0.15, 0.2) is 0 Å². The van der Waals surface area contributed by atoms with E-state index in [0.29, 0.717) is 37.5 Å². The molecule has 0 spiro atoms. The number of benzene rings is 1. The van der Waals surface area contributed by atoms with Gasteiger partial charge in [0.05, 0.1) is 4.90 Å². The third-order valence-corrected chi connectivity index (χ3v) is 6.34. The number of carbonyl (C=O) groups excluding carboxylic acids is 1. The summed E-state index contributed by atoms with van der Waals surface area (Å²) in [5.74, 6) is -0.0392. The van der Waals surface area contributed by atoms with E-state index in [1.165, 1.54) is 4.31 Å². The van der Waals surface area contributed by atoms with Crippen LogP contribution in [0.4, 0.5) is 0 Å². The highest BCUT2D eigenvalue weighted by atomic mass is 32.2. The van der Waals surface area contributed by atoms with Gasteiger partial charge in [0.2, 0.25) is 15.9 Å². The number of hydrogen-bond acceptors (Lipinski definition) is 4. The van der Waals surface area contributed by atoms with Crippen LogP contribution in [0.5, 0.6) is 0 Å². The van der Waals surface area contributed by atoms with Crippen molar-refractivity contribution in [3.63, 3.8) is 0 Å². The second-order valence-corrected chi connectivity index (χ2v) is 8.00. The van der Waals surface area contributed by atoms with Gasteiger partial charge in [-0.05, 0) is 31.5 Å². The van der Waals surface area contributed by atoms with Crippen molar-refractivity contribution in [2.75, 3.05) is 26.2 Å². The molecule has 8 heteroatoms. The molecule has 1 atom stereocenters. The largest absolute Gasteiger partial charge is 0.339 e. The maximum atomic E-state index is 12.7. The molecule has 0 aliphatic carbocycles. The van der Waals surface area contributed by atoms with E-state index in [9.17, 15) is 13.2 Å². The molecule has 2 heterocycles. The van der Waals surface area contributed by atoms with Crippen molar-refractivity contribution in [3.8, 4) is 0 Å². The molecule has 2 aromatic rings. The Morgan fingerprint density at radius 1 is 1.08 bits per heavy atom. The van der Waals surface area contributed by atoms with E-state index < -0.39 is 16.1 Å². The van der Waals surface area contributed by atoms with Gasteiger partial charge in [-0.15, -0.1) is 0 Å². The summed E-state index contributed by atoms with van der Waals surface area (Å²) in [6.45, 7) is 3.45. The minimum Gasteiger partial charge on any atom is -0.339 e. The predicted molar refractivity (Wildman–Crippen MR) is 93.3 cm³/mol. The standard InChI is InChI=1S/C17H22N4O3S/c1-15(21-12-5-9-18-21)17(22)19-10-6-11-20(14-13-19)25(23,24)16-7-3-2-4-8-16/h2-5,7-9,12,15H,6,10-11,13-14H2,1H3. The number of amides is 1. The molecule has 1 fully saturated rings. The van der Waals surface area contributed by atoms with E-state index in [4.69, 9.17) is 0 Å². The van der Waals surface area contributed by atoms with Gasteiger partial charge in [-0.2, -0.15) is 9.40 Å². The van der Waals surface area contributed by atoms with Gasteiger partial charge in [0.25, 0.3) is 0 Å². The second kappa shape index (κ2) is 7.37. The monoisotopic (exact) mass is 362 g/mol. The van der Waals surface area contributed by atoms with E-state index >= 15 is 0 Å². The van der Waals surface area contributed by atoms with Crippen LogP contribution >= 0.6 is 0 Å². The van der Waals surface area contributed by atoms with E-state index in [1.54, 1.807) is 65.3 Å². The Hall–Kier alpha value is -2.19. The van der Waals surface area contributed by atoms with Crippen molar-refractivity contribution in [2.45, 2.75) is 24.3 Å². The third-order valence-electron chi connectivity index (χ3n) is 4.43. The lowest BCUT2D eigenvalue weighted by atomic mass is 10.2. The first-order valence-corrected chi connectivity index (χ1v) is 9.77. The van der Waals surface area contributed by atoms with Gasteiger partial charge in [-0.3, -0.25) is 9.48 Å². The van der Waals surface area contributed by atoms with Crippen LogP contribution in [0, 0.1) is 0 Å². The number of carbonyl (C=O) groups is 1. The van der Waals surface area contributed by atoms with Crippen molar-refractivity contribution in [1.82, 2.24) is 19.0 Å². The van der Waals surface area contributed by atoms with Crippen molar-refractivity contribution >= 4 is 15.9 Å². The molecular formula is C17H22N4O3S. The van der Waals surface area contributed by atoms with E-state index in [-0.39, 0.29) is 5.91 Å². The quantitative estimate of drug-likeness (QED) is 0.823. The molecule has 1 unspecified atom stereocenters. The number of sulfonamides is 1. The van der Waals surface area contributed by atoms with E-state index in [2.05, 4.69) is 5.10 Å². The van der Waals surface area contributed by atoms with Crippen LogP contribution in [0.25, 0.3) is 0 Å². The second-order valence-electron chi connectivity index (χ2n) is 6.06. The molecule has 0 bridgehead atoms. The molecule has 7 nitrogen and oxygen atoms in total. The van der Waals surface area contributed by atoms with Crippen LogP contribution in [-0.4, -0.2) is 59.5 Å². The molecule has 1 aliphatic heterocycles. The predicted octanol–water partition coefficient (Wildman–Crippen LogP) is 1.37. The first-order chi connectivity index (χ1) is 12.0. The summed E-state index contributed by atoms with van der Waals surface area (Å²) < 4.78 is 28.6. The lowest BCUT2D eigenvalue weighted by molar-refractivity contribution is -0.134. The average Bonchev–Trinajstić information content (AvgIpc) is 3.05. The summed E-state index contributed by atoms with van der Waals surface area (Å²) >= 11 is 0. The van der Waals surface area contributed by atoms with Gasteiger partial charge in [-0.1, -0.05) is 18.2 Å². The fourth-order valence-electron chi connectivity index (χ4n) is 2.98. The molecule has 1 saturated heterocycles. The average molecular weight is 362 g/mol. The Morgan fingerprint density at radius 3 is 2.52 bits per heavy atom. The molecule has 0 radical (unpaired) electrons. The molecule has 25 heavy (non-hydrogen) atoms. The summed E-state index contributed by atoms with van der Waals surface area (Å²) in [5.41, 5.74) is 0. The number of hydrogen-bond donors (Lipinski definition) is 0. The van der Waals surface area contributed by atoms with Crippen molar-refractivity contribution < 1.29 is 13.2 Å². The van der Waals surface area contributed by atoms with Crippen LogP contribution in [0.1, 0.15) is 19.4 Å². The van der Waals surface area contributed by atoms with Crippen LogP contribution in [0.2, 0.25) is 0 Å². The maximum Gasteiger partial charge on any atom is 0.247 e. The van der Waals surface area contributed by atoms with Crippen molar-refractivity contribution in [3.05, 3.63) is 48.8 Å². The van der Waals surface area contributed by atoms with Gasteiger partial charge in [0, 0.05) is 38.6 Å². The summed E-state index contributed by atoms with van der Waals surface area (Å²) in [7, 11) is -3.52. The smallest absolute Gasteiger partial charge is 0.247 e. The topological polar surface area (TPSA) is 75.5 Å². The Balaban J connectivity index is 1.69. The fraction of sp³-hybridized carbons (Fsp3) is 0.412. The molecule has 0 N–H and O–H groups in total.